The molecule has 2 aromatic rings. The number of carboxylic acids is 1. The number of halogens is 1. The molecule has 0 saturated carbocycles. The van der Waals surface area contributed by atoms with Gasteiger partial charge in [0.1, 0.15) is 17.1 Å². The van der Waals surface area contributed by atoms with Crippen molar-refractivity contribution in [1.29, 1.82) is 0 Å². The Labute approximate surface area is 84.3 Å². The Kier molecular flexibility index (Phi) is 2.37. The molecule has 0 atom stereocenters. The maximum absolute atomic E-state index is 12.8. The van der Waals surface area contributed by atoms with E-state index in [9.17, 15) is 9.18 Å². The Bertz CT molecular complexity index is 506. The Balaban J connectivity index is 2.32. The standard InChI is InChI=1S/C10H8FNO3/c11-6-1-2-7-8(5-6)12-15-9(7)3-4-10(13)14/h1-2,5H,3-4H2,(H,13,14). The number of hydrogen-bond donors (Lipinski definition) is 1. The molecule has 78 valence electrons. The van der Waals surface area contributed by atoms with Gasteiger partial charge in [0.05, 0.1) is 6.42 Å². The van der Waals surface area contributed by atoms with Crippen molar-refractivity contribution in [3.05, 3.63) is 29.8 Å². The van der Waals surface area contributed by atoms with E-state index in [1.165, 1.54) is 12.1 Å². The first-order valence-electron chi connectivity index (χ1n) is 4.42. The van der Waals surface area contributed by atoms with Gasteiger partial charge >= 0.3 is 5.97 Å². The lowest BCUT2D eigenvalue weighted by Gasteiger charge is -1.92. The van der Waals surface area contributed by atoms with Gasteiger partial charge in [-0.25, -0.2) is 4.39 Å². The van der Waals surface area contributed by atoms with E-state index in [4.69, 9.17) is 9.63 Å². The number of aryl methyl sites for hydroxylation is 1. The largest absolute Gasteiger partial charge is 0.481 e. The summed E-state index contributed by atoms with van der Waals surface area (Å²) in [6.45, 7) is 0. The van der Waals surface area contributed by atoms with Gasteiger partial charge in [-0.1, -0.05) is 5.16 Å². The lowest BCUT2D eigenvalue weighted by molar-refractivity contribution is -0.137. The fourth-order valence-electron chi connectivity index (χ4n) is 1.37. The third kappa shape index (κ3) is 1.96. The van der Waals surface area contributed by atoms with Crippen molar-refractivity contribution in [2.75, 3.05) is 0 Å². The average Bonchev–Trinajstić information content (AvgIpc) is 2.57. The van der Waals surface area contributed by atoms with E-state index in [0.29, 0.717) is 16.7 Å². The molecule has 0 radical (unpaired) electrons. The molecular weight excluding hydrogens is 201 g/mol. The van der Waals surface area contributed by atoms with Gasteiger partial charge in [0.2, 0.25) is 0 Å². The quantitative estimate of drug-likeness (QED) is 0.839. The summed E-state index contributed by atoms with van der Waals surface area (Å²) in [5.74, 6) is -0.811. The fraction of sp³-hybridized carbons (Fsp3) is 0.200. The van der Waals surface area contributed by atoms with Gasteiger partial charge in [-0.15, -0.1) is 0 Å². The third-order valence-corrected chi connectivity index (χ3v) is 2.08. The molecule has 0 saturated heterocycles. The number of benzene rings is 1. The van der Waals surface area contributed by atoms with Crippen LogP contribution in [0.3, 0.4) is 0 Å². The summed E-state index contributed by atoms with van der Waals surface area (Å²) in [5.41, 5.74) is 0.412. The van der Waals surface area contributed by atoms with Crippen LogP contribution in [-0.4, -0.2) is 16.2 Å². The highest BCUT2D eigenvalue weighted by Gasteiger charge is 2.10. The molecule has 0 unspecified atom stereocenters. The van der Waals surface area contributed by atoms with Crippen LogP contribution in [-0.2, 0) is 11.2 Å². The van der Waals surface area contributed by atoms with Crippen LogP contribution in [0.5, 0.6) is 0 Å². The van der Waals surface area contributed by atoms with E-state index in [0.717, 1.165) is 0 Å². The predicted molar refractivity (Wildman–Crippen MR) is 49.9 cm³/mol. The van der Waals surface area contributed by atoms with Crippen molar-refractivity contribution in [2.45, 2.75) is 12.8 Å². The van der Waals surface area contributed by atoms with Crippen LogP contribution in [0.2, 0.25) is 0 Å². The lowest BCUT2D eigenvalue weighted by atomic mass is 10.1. The van der Waals surface area contributed by atoms with Gasteiger partial charge in [-0.3, -0.25) is 4.79 Å². The second-order valence-corrected chi connectivity index (χ2v) is 3.16. The predicted octanol–water partition coefficient (Wildman–Crippen LogP) is 1.98. The molecule has 0 bridgehead atoms. The highest BCUT2D eigenvalue weighted by atomic mass is 19.1. The number of aliphatic carboxylic acids is 1. The molecule has 0 aliphatic heterocycles. The third-order valence-electron chi connectivity index (χ3n) is 2.08. The summed E-state index contributed by atoms with van der Waals surface area (Å²) < 4.78 is 17.7. The second kappa shape index (κ2) is 3.68. The number of aromatic nitrogens is 1. The molecule has 0 fully saturated rings. The molecule has 0 amide bonds. The number of nitrogens with zero attached hydrogens (tertiary/aromatic N) is 1. The minimum Gasteiger partial charge on any atom is -0.481 e. The summed E-state index contributed by atoms with van der Waals surface area (Å²) >= 11 is 0. The molecule has 2 rings (SSSR count). The first-order valence-corrected chi connectivity index (χ1v) is 4.42. The van der Waals surface area contributed by atoms with Gasteiger partial charge in [0, 0.05) is 17.9 Å². The van der Waals surface area contributed by atoms with E-state index in [1.807, 2.05) is 0 Å². The highest BCUT2D eigenvalue weighted by Crippen LogP contribution is 2.20. The van der Waals surface area contributed by atoms with Gasteiger partial charge in [0.25, 0.3) is 0 Å². The summed E-state index contributed by atoms with van der Waals surface area (Å²) in [5, 5.41) is 12.8. The van der Waals surface area contributed by atoms with Gasteiger partial charge in [0.15, 0.2) is 0 Å². The Morgan fingerprint density at radius 3 is 3.07 bits per heavy atom. The second-order valence-electron chi connectivity index (χ2n) is 3.16. The number of rotatable bonds is 3. The molecule has 15 heavy (non-hydrogen) atoms. The van der Waals surface area contributed by atoms with Gasteiger partial charge in [-0.05, 0) is 12.1 Å². The van der Waals surface area contributed by atoms with Crippen LogP contribution < -0.4 is 0 Å². The molecule has 0 aliphatic rings. The fourth-order valence-corrected chi connectivity index (χ4v) is 1.37. The number of hydrogen-bond acceptors (Lipinski definition) is 3. The van der Waals surface area contributed by atoms with Crippen molar-refractivity contribution in [1.82, 2.24) is 5.16 Å². The molecular formula is C10H8FNO3. The van der Waals surface area contributed by atoms with Crippen LogP contribution in [0.1, 0.15) is 12.2 Å². The van der Waals surface area contributed by atoms with E-state index < -0.39 is 5.97 Å². The van der Waals surface area contributed by atoms with Crippen molar-refractivity contribution in [3.63, 3.8) is 0 Å². The number of carbonyl (C=O) groups is 1. The monoisotopic (exact) mass is 209 g/mol. The van der Waals surface area contributed by atoms with Crippen LogP contribution in [0.15, 0.2) is 22.7 Å². The zero-order valence-electron chi connectivity index (χ0n) is 7.74. The maximum atomic E-state index is 12.8. The van der Waals surface area contributed by atoms with Crippen molar-refractivity contribution >= 4 is 16.9 Å². The first-order chi connectivity index (χ1) is 7.16. The SMILES string of the molecule is O=C(O)CCc1onc2cc(F)ccc12. The van der Waals surface area contributed by atoms with E-state index in [-0.39, 0.29) is 18.7 Å². The maximum Gasteiger partial charge on any atom is 0.303 e. The molecule has 1 N–H and O–H groups in total. The van der Waals surface area contributed by atoms with Crippen LogP contribution in [0, 0.1) is 5.82 Å². The summed E-state index contributed by atoms with van der Waals surface area (Å²) in [6, 6.07) is 4.09. The van der Waals surface area contributed by atoms with E-state index in [2.05, 4.69) is 5.16 Å². The Morgan fingerprint density at radius 1 is 1.53 bits per heavy atom. The number of carboxylic acid groups (broad SMARTS) is 1. The molecule has 5 heteroatoms. The average molecular weight is 209 g/mol. The van der Waals surface area contributed by atoms with Crippen LogP contribution in [0.4, 0.5) is 4.39 Å². The van der Waals surface area contributed by atoms with Crippen LogP contribution in [0.25, 0.3) is 10.9 Å². The topological polar surface area (TPSA) is 63.3 Å². The smallest absolute Gasteiger partial charge is 0.303 e. The van der Waals surface area contributed by atoms with Gasteiger partial charge < -0.3 is 9.63 Å². The minimum absolute atomic E-state index is 0.0261. The van der Waals surface area contributed by atoms with E-state index >= 15 is 0 Å². The van der Waals surface area contributed by atoms with E-state index in [1.54, 1.807) is 6.07 Å². The Hall–Kier alpha value is -1.91. The van der Waals surface area contributed by atoms with Crippen LogP contribution >= 0.6 is 0 Å². The molecule has 1 heterocycles. The molecule has 0 aliphatic carbocycles. The molecule has 1 aromatic carbocycles. The molecule has 4 nitrogen and oxygen atoms in total. The Morgan fingerprint density at radius 2 is 2.33 bits per heavy atom. The molecule has 1 aromatic heterocycles. The summed E-state index contributed by atoms with van der Waals surface area (Å²) in [7, 11) is 0. The van der Waals surface area contributed by atoms with Gasteiger partial charge in [-0.2, -0.15) is 0 Å². The molecule has 0 spiro atoms. The zero-order chi connectivity index (χ0) is 10.8. The lowest BCUT2D eigenvalue weighted by Crippen LogP contribution is -1.96. The highest BCUT2D eigenvalue weighted by molar-refractivity contribution is 5.80. The summed E-state index contributed by atoms with van der Waals surface area (Å²) in [4.78, 5) is 10.4. The zero-order valence-corrected chi connectivity index (χ0v) is 7.74. The summed E-state index contributed by atoms with van der Waals surface area (Å²) in [6.07, 6.45) is 0.235. The van der Waals surface area contributed by atoms with Crippen molar-refractivity contribution in [2.24, 2.45) is 0 Å². The number of fused-ring (bicyclic) bond motifs is 1. The van der Waals surface area contributed by atoms with Crippen molar-refractivity contribution in [3.8, 4) is 0 Å². The normalized spacial score (nSPS) is 10.7. The minimum atomic E-state index is -0.901. The van der Waals surface area contributed by atoms with Crippen molar-refractivity contribution < 1.29 is 18.8 Å². The first kappa shape index (κ1) is 9.64.